The number of Topliss-reactive ketones (excluding diaryl/α,β-unsaturated/α-hetero) is 1. The van der Waals surface area contributed by atoms with Gasteiger partial charge in [-0.05, 0) is 18.8 Å². The van der Waals surface area contributed by atoms with Crippen LogP contribution in [-0.4, -0.2) is 42.5 Å². The van der Waals surface area contributed by atoms with Crippen molar-refractivity contribution in [3.05, 3.63) is 0 Å². The quantitative estimate of drug-likeness (QED) is 0.718. The minimum atomic E-state index is -0.0944. The van der Waals surface area contributed by atoms with Gasteiger partial charge in [-0.2, -0.15) is 0 Å². The minimum absolute atomic E-state index is 0.0944. The molecular formula is C13H23NO2. The van der Waals surface area contributed by atoms with E-state index in [9.17, 15) is 4.79 Å². The van der Waals surface area contributed by atoms with Crippen LogP contribution in [0.5, 0.6) is 0 Å². The zero-order chi connectivity index (χ0) is 11.6. The second-order valence-corrected chi connectivity index (χ2v) is 5.69. The van der Waals surface area contributed by atoms with Crippen LogP contribution in [0.4, 0.5) is 0 Å². The summed E-state index contributed by atoms with van der Waals surface area (Å²) in [6.07, 6.45) is 3.34. The fourth-order valence-corrected chi connectivity index (χ4v) is 2.86. The van der Waals surface area contributed by atoms with Gasteiger partial charge >= 0.3 is 0 Å². The Hall–Kier alpha value is -0.410. The molecule has 2 rings (SSSR count). The Morgan fingerprint density at radius 1 is 1.38 bits per heavy atom. The van der Waals surface area contributed by atoms with Gasteiger partial charge in [0.2, 0.25) is 0 Å². The van der Waals surface area contributed by atoms with Crippen LogP contribution in [0, 0.1) is 5.92 Å². The number of likely N-dealkylation sites (tertiary alicyclic amines) is 1. The number of hydrogen-bond acceptors (Lipinski definition) is 3. The summed E-state index contributed by atoms with van der Waals surface area (Å²) in [7, 11) is 0. The molecule has 0 saturated carbocycles. The fraction of sp³-hybridized carbons (Fsp3) is 0.923. The van der Waals surface area contributed by atoms with Gasteiger partial charge in [-0.1, -0.05) is 13.8 Å². The summed E-state index contributed by atoms with van der Waals surface area (Å²) >= 11 is 0. The highest BCUT2D eigenvalue weighted by molar-refractivity contribution is 5.80. The van der Waals surface area contributed by atoms with E-state index in [0.717, 1.165) is 31.8 Å². The summed E-state index contributed by atoms with van der Waals surface area (Å²) in [5.41, 5.74) is -0.0944. The zero-order valence-corrected chi connectivity index (χ0v) is 10.5. The van der Waals surface area contributed by atoms with E-state index in [4.69, 9.17) is 4.74 Å². The predicted molar refractivity (Wildman–Crippen MR) is 63.4 cm³/mol. The van der Waals surface area contributed by atoms with Gasteiger partial charge in [0.1, 0.15) is 5.78 Å². The molecular weight excluding hydrogens is 202 g/mol. The van der Waals surface area contributed by atoms with Crippen molar-refractivity contribution in [3.8, 4) is 0 Å². The van der Waals surface area contributed by atoms with Gasteiger partial charge in [0.25, 0.3) is 0 Å². The Balaban J connectivity index is 1.86. The van der Waals surface area contributed by atoms with E-state index in [0.29, 0.717) is 25.2 Å². The Morgan fingerprint density at radius 3 is 2.62 bits per heavy atom. The maximum Gasteiger partial charge on any atom is 0.138 e. The molecule has 0 amide bonds. The SMILES string of the molecule is CC(C)CN1CCC2(CC1)CC(=O)CCO2. The summed E-state index contributed by atoms with van der Waals surface area (Å²) in [4.78, 5) is 14.0. The topological polar surface area (TPSA) is 29.5 Å². The van der Waals surface area contributed by atoms with E-state index < -0.39 is 0 Å². The van der Waals surface area contributed by atoms with Crippen molar-refractivity contribution in [1.29, 1.82) is 0 Å². The molecule has 0 aromatic heterocycles. The van der Waals surface area contributed by atoms with Gasteiger partial charge < -0.3 is 9.64 Å². The second-order valence-electron chi connectivity index (χ2n) is 5.69. The Kier molecular flexibility index (Phi) is 3.65. The number of rotatable bonds is 2. The van der Waals surface area contributed by atoms with Gasteiger partial charge in [-0.3, -0.25) is 4.79 Å². The highest BCUT2D eigenvalue weighted by Crippen LogP contribution is 2.33. The molecule has 0 aromatic carbocycles. The smallest absolute Gasteiger partial charge is 0.138 e. The molecule has 1 spiro atoms. The van der Waals surface area contributed by atoms with Crippen LogP contribution in [0.2, 0.25) is 0 Å². The molecule has 2 fully saturated rings. The maximum atomic E-state index is 11.5. The van der Waals surface area contributed by atoms with Gasteiger partial charge in [0.15, 0.2) is 0 Å². The summed E-state index contributed by atoms with van der Waals surface area (Å²) in [6, 6.07) is 0. The molecule has 0 N–H and O–H groups in total. The minimum Gasteiger partial charge on any atom is -0.374 e. The van der Waals surface area contributed by atoms with Crippen LogP contribution in [0.1, 0.15) is 39.5 Å². The van der Waals surface area contributed by atoms with E-state index in [1.165, 1.54) is 6.54 Å². The molecule has 2 aliphatic rings. The molecule has 0 aliphatic carbocycles. The standard InChI is InChI=1S/C13H23NO2/c1-11(2)10-14-6-4-13(5-7-14)9-12(15)3-8-16-13/h11H,3-10H2,1-2H3. The number of ketones is 1. The van der Waals surface area contributed by atoms with Crippen LogP contribution in [0.15, 0.2) is 0 Å². The first-order chi connectivity index (χ1) is 7.60. The van der Waals surface area contributed by atoms with Crippen molar-refractivity contribution in [2.24, 2.45) is 5.92 Å². The molecule has 3 heteroatoms. The van der Waals surface area contributed by atoms with Crippen LogP contribution in [-0.2, 0) is 9.53 Å². The van der Waals surface area contributed by atoms with Crippen LogP contribution in [0.3, 0.4) is 0 Å². The van der Waals surface area contributed by atoms with Gasteiger partial charge in [0, 0.05) is 32.5 Å². The lowest BCUT2D eigenvalue weighted by atomic mass is 9.84. The monoisotopic (exact) mass is 225 g/mol. The number of carbonyl (C=O) groups excluding carboxylic acids is 1. The van der Waals surface area contributed by atoms with Crippen molar-refractivity contribution < 1.29 is 9.53 Å². The van der Waals surface area contributed by atoms with Crippen molar-refractivity contribution in [2.75, 3.05) is 26.2 Å². The molecule has 3 nitrogen and oxygen atoms in total. The normalized spacial score (nSPS) is 26.6. The maximum absolute atomic E-state index is 11.5. The fourth-order valence-electron chi connectivity index (χ4n) is 2.86. The molecule has 0 radical (unpaired) electrons. The second kappa shape index (κ2) is 4.84. The summed E-state index contributed by atoms with van der Waals surface area (Å²) in [6.45, 7) is 8.50. The molecule has 2 saturated heterocycles. The lowest BCUT2D eigenvalue weighted by Gasteiger charge is -2.43. The molecule has 2 aliphatic heterocycles. The third-order valence-corrected chi connectivity index (χ3v) is 3.70. The van der Waals surface area contributed by atoms with Crippen molar-refractivity contribution in [2.45, 2.75) is 45.1 Å². The average molecular weight is 225 g/mol. The van der Waals surface area contributed by atoms with E-state index in [1.54, 1.807) is 0 Å². The summed E-state index contributed by atoms with van der Waals surface area (Å²) < 4.78 is 5.88. The van der Waals surface area contributed by atoms with Crippen molar-refractivity contribution in [3.63, 3.8) is 0 Å². The van der Waals surface area contributed by atoms with Gasteiger partial charge in [-0.25, -0.2) is 0 Å². The van der Waals surface area contributed by atoms with Gasteiger partial charge in [-0.15, -0.1) is 0 Å². The zero-order valence-electron chi connectivity index (χ0n) is 10.5. The molecule has 0 aromatic rings. The number of piperidine rings is 1. The molecule has 16 heavy (non-hydrogen) atoms. The Morgan fingerprint density at radius 2 is 2.06 bits per heavy atom. The first-order valence-corrected chi connectivity index (χ1v) is 6.48. The molecule has 2 heterocycles. The third kappa shape index (κ3) is 2.83. The number of nitrogens with zero attached hydrogens (tertiary/aromatic N) is 1. The summed E-state index contributed by atoms with van der Waals surface area (Å²) in [5, 5.41) is 0. The average Bonchev–Trinajstić information content (AvgIpc) is 2.21. The molecule has 0 unspecified atom stereocenters. The number of carbonyl (C=O) groups is 1. The largest absolute Gasteiger partial charge is 0.374 e. The van der Waals surface area contributed by atoms with Crippen LogP contribution < -0.4 is 0 Å². The first-order valence-electron chi connectivity index (χ1n) is 6.48. The van der Waals surface area contributed by atoms with Crippen LogP contribution >= 0.6 is 0 Å². The predicted octanol–water partition coefficient (Wildman–Crippen LogP) is 1.86. The Labute approximate surface area is 98.1 Å². The first kappa shape index (κ1) is 12.1. The number of hydrogen-bond donors (Lipinski definition) is 0. The van der Waals surface area contributed by atoms with E-state index in [-0.39, 0.29) is 5.60 Å². The van der Waals surface area contributed by atoms with Crippen molar-refractivity contribution in [1.82, 2.24) is 4.90 Å². The van der Waals surface area contributed by atoms with E-state index >= 15 is 0 Å². The van der Waals surface area contributed by atoms with Crippen molar-refractivity contribution >= 4 is 5.78 Å². The third-order valence-electron chi connectivity index (χ3n) is 3.70. The summed E-state index contributed by atoms with van der Waals surface area (Å²) in [5.74, 6) is 1.12. The van der Waals surface area contributed by atoms with Gasteiger partial charge in [0.05, 0.1) is 12.2 Å². The highest BCUT2D eigenvalue weighted by atomic mass is 16.5. The van der Waals surface area contributed by atoms with E-state index in [2.05, 4.69) is 18.7 Å². The van der Waals surface area contributed by atoms with Crippen LogP contribution in [0.25, 0.3) is 0 Å². The lowest BCUT2D eigenvalue weighted by molar-refractivity contribution is -0.147. The molecule has 92 valence electrons. The highest BCUT2D eigenvalue weighted by Gasteiger charge is 2.39. The Bertz CT molecular complexity index is 255. The lowest BCUT2D eigenvalue weighted by Crippen LogP contribution is -2.50. The molecule has 0 bridgehead atoms. The molecule has 0 atom stereocenters. The van der Waals surface area contributed by atoms with E-state index in [1.807, 2.05) is 0 Å². The number of ether oxygens (including phenoxy) is 1.